The first-order chi connectivity index (χ1) is 9.72. The van der Waals surface area contributed by atoms with Crippen molar-refractivity contribution in [3.8, 4) is 11.8 Å². The SMILES string of the molecule is CCCCN(CCOc1ccccc1C#N)C(C)CC. The largest absolute Gasteiger partial charge is 0.491 e. The highest BCUT2D eigenvalue weighted by Crippen LogP contribution is 2.16. The summed E-state index contributed by atoms with van der Waals surface area (Å²) in [4.78, 5) is 2.47. The van der Waals surface area contributed by atoms with Crippen molar-refractivity contribution in [3.63, 3.8) is 0 Å². The van der Waals surface area contributed by atoms with E-state index in [2.05, 4.69) is 31.7 Å². The summed E-state index contributed by atoms with van der Waals surface area (Å²) in [5, 5.41) is 9.03. The van der Waals surface area contributed by atoms with Crippen molar-refractivity contribution in [3.05, 3.63) is 29.8 Å². The second-order valence-electron chi connectivity index (χ2n) is 5.10. The number of unbranched alkanes of at least 4 members (excludes halogenated alkanes) is 1. The molecule has 20 heavy (non-hydrogen) atoms. The first-order valence-corrected chi connectivity index (χ1v) is 7.58. The Kier molecular flexibility index (Phi) is 7.75. The molecule has 1 rings (SSSR count). The normalized spacial score (nSPS) is 12.2. The van der Waals surface area contributed by atoms with Gasteiger partial charge < -0.3 is 4.74 Å². The topological polar surface area (TPSA) is 36.3 Å². The monoisotopic (exact) mass is 274 g/mol. The van der Waals surface area contributed by atoms with Gasteiger partial charge in [-0.25, -0.2) is 0 Å². The lowest BCUT2D eigenvalue weighted by Gasteiger charge is -2.28. The minimum Gasteiger partial charge on any atom is -0.491 e. The molecule has 0 aromatic heterocycles. The quantitative estimate of drug-likeness (QED) is 0.686. The Labute approximate surface area is 123 Å². The zero-order valence-electron chi connectivity index (χ0n) is 12.9. The van der Waals surface area contributed by atoms with Crippen LogP contribution in [0.2, 0.25) is 0 Å². The molecule has 0 aliphatic carbocycles. The van der Waals surface area contributed by atoms with E-state index in [9.17, 15) is 0 Å². The summed E-state index contributed by atoms with van der Waals surface area (Å²) in [6.07, 6.45) is 3.59. The maximum atomic E-state index is 9.03. The molecule has 0 aliphatic heterocycles. The summed E-state index contributed by atoms with van der Waals surface area (Å²) in [6, 6.07) is 10.2. The third kappa shape index (κ3) is 5.22. The summed E-state index contributed by atoms with van der Waals surface area (Å²) in [5.74, 6) is 0.689. The minimum atomic E-state index is 0.580. The zero-order chi connectivity index (χ0) is 14.8. The lowest BCUT2D eigenvalue weighted by molar-refractivity contribution is 0.162. The van der Waals surface area contributed by atoms with Crippen LogP contribution in [0.5, 0.6) is 5.75 Å². The summed E-state index contributed by atoms with van der Waals surface area (Å²) in [7, 11) is 0. The van der Waals surface area contributed by atoms with Crippen molar-refractivity contribution in [1.29, 1.82) is 5.26 Å². The maximum absolute atomic E-state index is 9.03. The fraction of sp³-hybridized carbons (Fsp3) is 0.588. The standard InChI is InChI=1S/C17H26N2O/c1-4-6-11-19(15(3)5-2)12-13-20-17-10-8-7-9-16(17)14-18/h7-10,15H,4-6,11-13H2,1-3H3. The molecule has 0 spiro atoms. The average Bonchev–Trinajstić information content (AvgIpc) is 2.50. The predicted molar refractivity (Wildman–Crippen MR) is 82.9 cm³/mol. The molecule has 0 fully saturated rings. The Morgan fingerprint density at radius 2 is 2.00 bits per heavy atom. The van der Waals surface area contributed by atoms with Crippen LogP contribution in [-0.2, 0) is 0 Å². The summed E-state index contributed by atoms with van der Waals surface area (Å²) in [6.45, 7) is 9.36. The highest BCUT2D eigenvalue weighted by molar-refractivity contribution is 5.42. The van der Waals surface area contributed by atoms with E-state index in [0.717, 1.165) is 19.5 Å². The van der Waals surface area contributed by atoms with Gasteiger partial charge in [0, 0.05) is 12.6 Å². The van der Waals surface area contributed by atoms with Crippen molar-refractivity contribution in [1.82, 2.24) is 4.90 Å². The van der Waals surface area contributed by atoms with Crippen LogP contribution in [0.25, 0.3) is 0 Å². The molecule has 1 unspecified atom stereocenters. The summed E-state index contributed by atoms with van der Waals surface area (Å²) >= 11 is 0. The van der Waals surface area contributed by atoms with Gasteiger partial charge in [0.05, 0.1) is 5.56 Å². The van der Waals surface area contributed by atoms with Crippen molar-refractivity contribution in [2.45, 2.75) is 46.1 Å². The molecule has 0 saturated heterocycles. The van der Waals surface area contributed by atoms with Crippen LogP contribution in [0, 0.1) is 11.3 Å². The number of rotatable bonds is 9. The molecule has 0 radical (unpaired) electrons. The van der Waals surface area contributed by atoms with Crippen LogP contribution in [0.15, 0.2) is 24.3 Å². The second-order valence-corrected chi connectivity index (χ2v) is 5.10. The molecule has 0 bridgehead atoms. The van der Waals surface area contributed by atoms with Crippen LogP contribution in [-0.4, -0.2) is 30.6 Å². The van der Waals surface area contributed by atoms with Crippen LogP contribution in [0.1, 0.15) is 45.6 Å². The number of para-hydroxylation sites is 1. The average molecular weight is 274 g/mol. The van der Waals surface area contributed by atoms with Crippen LogP contribution in [0.3, 0.4) is 0 Å². The van der Waals surface area contributed by atoms with Crippen molar-refractivity contribution in [2.75, 3.05) is 19.7 Å². The third-order valence-corrected chi connectivity index (χ3v) is 3.66. The Bertz CT molecular complexity index is 425. The number of ether oxygens (including phenoxy) is 1. The van der Waals surface area contributed by atoms with Gasteiger partial charge in [-0.3, -0.25) is 4.90 Å². The minimum absolute atomic E-state index is 0.580. The van der Waals surface area contributed by atoms with E-state index in [1.54, 1.807) is 6.07 Å². The molecule has 0 saturated carbocycles. The summed E-state index contributed by atoms with van der Waals surface area (Å²) < 4.78 is 5.77. The number of hydrogen-bond donors (Lipinski definition) is 0. The van der Waals surface area contributed by atoms with E-state index in [0.29, 0.717) is 24.0 Å². The van der Waals surface area contributed by atoms with Gasteiger partial charge in [0.2, 0.25) is 0 Å². The van der Waals surface area contributed by atoms with Gasteiger partial charge in [0.15, 0.2) is 0 Å². The van der Waals surface area contributed by atoms with Crippen LogP contribution < -0.4 is 4.74 Å². The first kappa shape index (κ1) is 16.5. The van der Waals surface area contributed by atoms with Crippen LogP contribution >= 0.6 is 0 Å². The van der Waals surface area contributed by atoms with Gasteiger partial charge >= 0.3 is 0 Å². The van der Waals surface area contributed by atoms with E-state index in [1.165, 1.54) is 12.8 Å². The van der Waals surface area contributed by atoms with Crippen LogP contribution in [0.4, 0.5) is 0 Å². The van der Waals surface area contributed by atoms with E-state index in [-0.39, 0.29) is 0 Å². The third-order valence-electron chi connectivity index (χ3n) is 3.66. The fourth-order valence-electron chi connectivity index (χ4n) is 2.13. The fourth-order valence-corrected chi connectivity index (χ4v) is 2.13. The Balaban J connectivity index is 2.49. The van der Waals surface area contributed by atoms with Gasteiger partial charge in [-0.05, 0) is 38.4 Å². The second kappa shape index (κ2) is 9.39. The molecule has 0 N–H and O–H groups in total. The number of hydrogen-bond acceptors (Lipinski definition) is 3. The molecule has 1 aromatic carbocycles. The van der Waals surface area contributed by atoms with E-state index in [1.807, 2.05) is 18.2 Å². The number of nitriles is 1. The molecule has 0 amide bonds. The first-order valence-electron chi connectivity index (χ1n) is 7.58. The van der Waals surface area contributed by atoms with Crippen molar-refractivity contribution >= 4 is 0 Å². The Morgan fingerprint density at radius 1 is 1.25 bits per heavy atom. The van der Waals surface area contributed by atoms with E-state index in [4.69, 9.17) is 10.00 Å². The van der Waals surface area contributed by atoms with Crippen molar-refractivity contribution in [2.24, 2.45) is 0 Å². The molecule has 3 heteroatoms. The van der Waals surface area contributed by atoms with Gasteiger partial charge in [-0.1, -0.05) is 32.4 Å². The van der Waals surface area contributed by atoms with E-state index >= 15 is 0 Å². The highest BCUT2D eigenvalue weighted by Gasteiger charge is 2.11. The Morgan fingerprint density at radius 3 is 2.65 bits per heavy atom. The molecule has 0 aliphatic rings. The smallest absolute Gasteiger partial charge is 0.137 e. The molecule has 1 aromatic rings. The predicted octanol–water partition coefficient (Wildman–Crippen LogP) is 3.84. The van der Waals surface area contributed by atoms with Gasteiger partial charge in [0.1, 0.15) is 18.4 Å². The number of nitrogens with zero attached hydrogens (tertiary/aromatic N) is 2. The van der Waals surface area contributed by atoms with Gasteiger partial charge in [0.25, 0.3) is 0 Å². The Hall–Kier alpha value is -1.53. The lowest BCUT2D eigenvalue weighted by atomic mass is 10.2. The molecule has 110 valence electrons. The molecule has 1 atom stereocenters. The van der Waals surface area contributed by atoms with Gasteiger partial charge in [-0.15, -0.1) is 0 Å². The summed E-state index contributed by atoms with van der Waals surface area (Å²) in [5.41, 5.74) is 0.608. The zero-order valence-corrected chi connectivity index (χ0v) is 12.9. The van der Waals surface area contributed by atoms with Crippen molar-refractivity contribution < 1.29 is 4.74 Å². The molecular weight excluding hydrogens is 248 g/mol. The van der Waals surface area contributed by atoms with E-state index < -0.39 is 0 Å². The highest BCUT2D eigenvalue weighted by atomic mass is 16.5. The molecular formula is C17H26N2O. The lowest BCUT2D eigenvalue weighted by Crippen LogP contribution is -2.36. The number of benzene rings is 1. The van der Waals surface area contributed by atoms with Gasteiger partial charge in [-0.2, -0.15) is 5.26 Å². The maximum Gasteiger partial charge on any atom is 0.137 e. The molecule has 0 heterocycles. The molecule has 3 nitrogen and oxygen atoms in total.